The highest BCUT2D eigenvalue weighted by atomic mass is 16.4. The maximum Gasteiger partial charge on any atom is 0.308 e. The number of carboxylic acids is 1. The molecule has 28 heavy (non-hydrogen) atoms. The molecule has 2 heterocycles. The highest BCUT2D eigenvalue weighted by Gasteiger charge is 2.26. The Morgan fingerprint density at radius 1 is 1.04 bits per heavy atom. The van der Waals surface area contributed by atoms with E-state index in [0.717, 1.165) is 37.6 Å². The molecule has 1 atom stereocenters. The summed E-state index contributed by atoms with van der Waals surface area (Å²) in [6, 6.07) is 15.4. The smallest absolute Gasteiger partial charge is 0.308 e. The Bertz CT molecular complexity index is 762. The SMILES string of the molecule is O=C(C[C@H](CN1CCN(c2ccccn2)CC1)C(=O)O)NCc1ccccc1. The number of pyridine rings is 1. The van der Waals surface area contributed by atoms with E-state index in [2.05, 4.69) is 20.1 Å². The molecule has 7 nitrogen and oxygen atoms in total. The first-order valence-corrected chi connectivity index (χ1v) is 9.53. The van der Waals surface area contributed by atoms with E-state index in [1.165, 1.54) is 0 Å². The van der Waals surface area contributed by atoms with Crippen molar-refractivity contribution in [1.29, 1.82) is 0 Å². The number of amides is 1. The van der Waals surface area contributed by atoms with Crippen molar-refractivity contribution >= 4 is 17.7 Å². The average molecular weight is 382 g/mol. The van der Waals surface area contributed by atoms with E-state index in [0.29, 0.717) is 13.1 Å². The monoisotopic (exact) mass is 382 g/mol. The van der Waals surface area contributed by atoms with Gasteiger partial charge >= 0.3 is 5.97 Å². The molecule has 0 radical (unpaired) electrons. The fourth-order valence-electron chi connectivity index (χ4n) is 3.33. The van der Waals surface area contributed by atoms with Crippen LogP contribution in [-0.2, 0) is 16.1 Å². The van der Waals surface area contributed by atoms with Gasteiger partial charge in [0, 0.05) is 51.9 Å². The minimum Gasteiger partial charge on any atom is -0.481 e. The lowest BCUT2D eigenvalue weighted by molar-refractivity contribution is -0.144. The predicted molar refractivity (Wildman–Crippen MR) is 107 cm³/mol. The molecule has 2 N–H and O–H groups in total. The minimum atomic E-state index is -0.929. The molecular formula is C21H26N4O3. The third-order valence-corrected chi connectivity index (χ3v) is 4.94. The second-order valence-corrected chi connectivity index (χ2v) is 6.98. The summed E-state index contributed by atoms with van der Waals surface area (Å²) >= 11 is 0. The number of nitrogens with one attached hydrogen (secondary N) is 1. The van der Waals surface area contributed by atoms with Crippen molar-refractivity contribution in [1.82, 2.24) is 15.2 Å². The average Bonchev–Trinajstić information content (AvgIpc) is 2.73. The molecule has 1 aliphatic heterocycles. The molecule has 0 bridgehead atoms. The van der Waals surface area contributed by atoms with Gasteiger partial charge in [0.15, 0.2) is 0 Å². The van der Waals surface area contributed by atoms with E-state index >= 15 is 0 Å². The highest BCUT2D eigenvalue weighted by molar-refractivity contribution is 5.82. The van der Waals surface area contributed by atoms with Crippen molar-refractivity contribution < 1.29 is 14.7 Å². The molecular weight excluding hydrogens is 356 g/mol. The molecule has 1 fully saturated rings. The molecule has 1 aromatic carbocycles. The van der Waals surface area contributed by atoms with E-state index in [9.17, 15) is 14.7 Å². The van der Waals surface area contributed by atoms with Crippen molar-refractivity contribution in [3.8, 4) is 0 Å². The Labute approximate surface area is 165 Å². The zero-order chi connectivity index (χ0) is 19.8. The zero-order valence-corrected chi connectivity index (χ0v) is 15.8. The number of piperazine rings is 1. The third kappa shape index (κ3) is 5.79. The van der Waals surface area contributed by atoms with Crippen LogP contribution < -0.4 is 10.2 Å². The summed E-state index contributed by atoms with van der Waals surface area (Å²) in [5.41, 5.74) is 0.994. The lowest BCUT2D eigenvalue weighted by atomic mass is 10.0. The van der Waals surface area contributed by atoms with Gasteiger partial charge in [-0.1, -0.05) is 36.4 Å². The summed E-state index contributed by atoms with van der Waals surface area (Å²) in [6.07, 6.45) is 1.76. The number of hydrogen-bond acceptors (Lipinski definition) is 5. The molecule has 0 spiro atoms. The first kappa shape index (κ1) is 19.8. The first-order chi connectivity index (χ1) is 13.6. The molecule has 7 heteroatoms. The summed E-state index contributed by atoms with van der Waals surface area (Å²) in [5.74, 6) is -0.931. The minimum absolute atomic E-state index is 0.0113. The second kappa shape index (κ2) is 9.85. The van der Waals surface area contributed by atoms with Crippen molar-refractivity contribution in [2.75, 3.05) is 37.6 Å². The van der Waals surface area contributed by atoms with Crippen molar-refractivity contribution in [3.63, 3.8) is 0 Å². The van der Waals surface area contributed by atoms with E-state index in [-0.39, 0.29) is 12.3 Å². The fraction of sp³-hybridized carbons (Fsp3) is 0.381. The van der Waals surface area contributed by atoms with Crippen LogP contribution in [0.4, 0.5) is 5.82 Å². The number of rotatable bonds is 8. The Morgan fingerprint density at radius 2 is 1.75 bits per heavy atom. The van der Waals surface area contributed by atoms with E-state index in [1.54, 1.807) is 6.20 Å². The number of carbonyl (C=O) groups is 2. The maximum atomic E-state index is 12.2. The predicted octanol–water partition coefficient (Wildman–Crippen LogP) is 1.61. The molecule has 0 unspecified atom stereocenters. The van der Waals surface area contributed by atoms with Gasteiger partial charge in [-0.3, -0.25) is 14.5 Å². The van der Waals surface area contributed by atoms with Gasteiger partial charge in [-0.25, -0.2) is 4.98 Å². The number of hydrogen-bond donors (Lipinski definition) is 2. The van der Waals surface area contributed by atoms with E-state index in [4.69, 9.17) is 0 Å². The van der Waals surface area contributed by atoms with Crippen molar-refractivity contribution in [3.05, 3.63) is 60.3 Å². The molecule has 1 aliphatic rings. The normalized spacial score (nSPS) is 15.8. The molecule has 2 aromatic rings. The largest absolute Gasteiger partial charge is 0.481 e. The molecule has 1 amide bonds. The van der Waals surface area contributed by atoms with Crippen molar-refractivity contribution in [2.45, 2.75) is 13.0 Å². The Kier molecular flexibility index (Phi) is 6.97. The summed E-state index contributed by atoms with van der Waals surface area (Å²) in [7, 11) is 0. The number of carboxylic acid groups (broad SMARTS) is 1. The quantitative estimate of drug-likeness (QED) is 0.722. The molecule has 1 aromatic heterocycles. The molecule has 148 valence electrons. The number of aromatic nitrogens is 1. The number of aliphatic carboxylic acids is 1. The van der Waals surface area contributed by atoms with Gasteiger partial charge in [0.1, 0.15) is 5.82 Å². The number of benzene rings is 1. The number of carbonyl (C=O) groups excluding carboxylic acids is 1. The molecule has 3 rings (SSSR count). The zero-order valence-electron chi connectivity index (χ0n) is 15.8. The molecule has 0 saturated carbocycles. The Balaban J connectivity index is 1.45. The van der Waals surface area contributed by atoms with Crippen LogP contribution in [0.15, 0.2) is 54.7 Å². The van der Waals surface area contributed by atoms with Gasteiger partial charge in [-0.2, -0.15) is 0 Å². The van der Waals surface area contributed by atoms with Gasteiger partial charge in [-0.05, 0) is 17.7 Å². The third-order valence-electron chi connectivity index (χ3n) is 4.94. The fourth-order valence-corrected chi connectivity index (χ4v) is 3.33. The number of anilines is 1. The number of nitrogens with zero attached hydrogens (tertiary/aromatic N) is 3. The van der Waals surface area contributed by atoms with Crippen LogP contribution in [0.1, 0.15) is 12.0 Å². The second-order valence-electron chi connectivity index (χ2n) is 6.98. The Morgan fingerprint density at radius 3 is 2.39 bits per heavy atom. The Hall–Kier alpha value is -2.93. The van der Waals surface area contributed by atoms with Gasteiger partial charge in [0.05, 0.1) is 5.92 Å². The lowest BCUT2D eigenvalue weighted by Crippen LogP contribution is -2.49. The van der Waals surface area contributed by atoms with Crippen LogP contribution in [-0.4, -0.2) is 59.6 Å². The standard InChI is InChI=1S/C21H26N4O3/c26-20(23-15-17-6-2-1-3-7-17)14-18(21(27)28)16-24-10-12-25(13-11-24)19-8-4-5-9-22-19/h1-9,18H,10-16H2,(H,23,26)(H,27,28)/t18-/m1/s1. The van der Waals surface area contributed by atoms with Gasteiger partial charge in [-0.15, -0.1) is 0 Å². The summed E-state index contributed by atoms with van der Waals surface area (Å²) in [5, 5.41) is 12.4. The summed E-state index contributed by atoms with van der Waals surface area (Å²) in [6.45, 7) is 3.89. The van der Waals surface area contributed by atoms with E-state index in [1.807, 2.05) is 48.5 Å². The van der Waals surface area contributed by atoms with E-state index < -0.39 is 11.9 Å². The molecule has 1 saturated heterocycles. The van der Waals surface area contributed by atoms with Crippen molar-refractivity contribution in [2.24, 2.45) is 5.92 Å². The first-order valence-electron chi connectivity index (χ1n) is 9.53. The molecule has 0 aliphatic carbocycles. The van der Waals surface area contributed by atoms with Gasteiger partial charge in [0.25, 0.3) is 0 Å². The van der Waals surface area contributed by atoms with Crippen LogP contribution in [0.3, 0.4) is 0 Å². The van der Waals surface area contributed by atoms with Crippen LogP contribution in [0, 0.1) is 5.92 Å². The van der Waals surface area contributed by atoms with Gasteiger partial charge in [0.2, 0.25) is 5.91 Å². The maximum absolute atomic E-state index is 12.2. The lowest BCUT2D eigenvalue weighted by Gasteiger charge is -2.36. The summed E-state index contributed by atoms with van der Waals surface area (Å²) < 4.78 is 0. The summed E-state index contributed by atoms with van der Waals surface area (Å²) in [4.78, 5) is 32.5. The van der Waals surface area contributed by atoms with Crippen LogP contribution in [0.5, 0.6) is 0 Å². The van der Waals surface area contributed by atoms with Crippen LogP contribution in [0.25, 0.3) is 0 Å². The van der Waals surface area contributed by atoms with Crippen LogP contribution in [0.2, 0.25) is 0 Å². The topological polar surface area (TPSA) is 85.8 Å². The van der Waals surface area contributed by atoms with Gasteiger partial charge < -0.3 is 15.3 Å². The van der Waals surface area contributed by atoms with Crippen LogP contribution >= 0.6 is 0 Å². The highest BCUT2D eigenvalue weighted by Crippen LogP contribution is 2.15.